The highest BCUT2D eigenvalue weighted by molar-refractivity contribution is 9.10. The summed E-state index contributed by atoms with van der Waals surface area (Å²) < 4.78 is 25.7. The molecule has 0 heterocycles. The lowest BCUT2D eigenvalue weighted by molar-refractivity contribution is 0.0696. The number of ether oxygens (including phenoxy) is 2. The Bertz CT molecular complexity index is 1320. The van der Waals surface area contributed by atoms with Gasteiger partial charge in [0.25, 0.3) is 5.91 Å². The first-order chi connectivity index (χ1) is 16.3. The molecule has 34 heavy (non-hydrogen) atoms. The normalized spacial score (nSPS) is 10.5. The first kappa shape index (κ1) is 24.4. The van der Waals surface area contributed by atoms with Gasteiger partial charge in [-0.1, -0.05) is 12.1 Å². The molecule has 0 aliphatic rings. The number of hydrazone groups is 1. The van der Waals surface area contributed by atoms with Crippen LogP contribution in [-0.4, -0.2) is 30.3 Å². The molecule has 3 aromatic rings. The van der Waals surface area contributed by atoms with Gasteiger partial charge in [0.1, 0.15) is 12.4 Å². The molecule has 0 radical (unpaired) electrons. The molecule has 0 bridgehead atoms. The molecular formula is C24H17BrFN3O5. The van der Waals surface area contributed by atoms with E-state index < -0.39 is 17.7 Å². The number of aromatic carboxylic acids is 1. The summed E-state index contributed by atoms with van der Waals surface area (Å²) in [6.45, 7) is 0.107. The van der Waals surface area contributed by atoms with Crippen LogP contribution in [0, 0.1) is 17.1 Å². The molecule has 0 aliphatic heterocycles. The van der Waals surface area contributed by atoms with Crippen LogP contribution in [0.25, 0.3) is 0 Å². The molecule has 3 rings (SSSR count). The summed E-state index contributed by atoms with van der Waals surface area (Å²) in [6.07, 6.45) is 1.34. The fraction of sp³-hybridized carbons (Fsp3) is 0.0833. The average molecular weight is 526 g/mol. The first-order valence-corrected chi connectivity index (χ1v) is 10.5. The maximum absolute atomic E-state index is 14.0. The van der Waals surface area contributed by atoms with Gasteiger partial charge in [0.15, 0.2) is 11.5 Å². The molecule has 8 nitrogen and oxygen atoms in total. The zero-order chi connectivity index (χ0) is 24.7. The Morgan fingerprint density at radius 1 is 1.24 bits per heavy atom. The van der Waals surface area contributed by atoms with Gasteiger partial charge in [-0.2, -0.15) is 10.4 Å². The van der Waals surface area contributed by atoms with E-state index >= 15 is 0 Å². The van der Waals surface area contributed by atoms with Crippen LogP contribution in [-0.2, 0) is 6.61 Å². The number of benzene rings is 3. The highest BCUT2D eigenvalue weighted by atomic mass is 79.9. The summed E-state index contributed by atoms with van der Waals surface area (Å²) in [5.74, 6) is -1.86. The van der Waals surface area contributed by atoms with Crippen molar-refractivity contribution in [1.29, 1.82) is 5.26 Å². The topological polar surface area (TPSA) is 121 Å². The van der Waals surface area contributed by atoms with Crippen LogP contribution in [0.4, 0.5) is 4.39 Å². The molecule has 0 spiro atoms. The van der Waals surface area contributed by atoms with Crippen molar-refractivity contribution < 1.29 is 28.6 Å². The van der Waals surface area contributed by atoms with E-state index in [2.05, 4.69) is 26.5 Å². The van der Waals surface area contributed by atoms with E-state index in [1.54, 1.807) is 30.3 Å². The Labute approximate surface area is 202 Å². The summed E-state index contributed by atoms with van der Waals surface area (Å²) in [5.41, 5.74) is 3.45. The van der Waals surface area contributed by atoms with Crippen molar-refractivity contribution >= 4 is 34.0 Å². The number of carbonyl (C=O) groups is 2. The minimum Gasteiger partial charge on any atom is -0.493 e. The summed E-state index contributed by atoms with van der Waals surface area (Å²) >= 11 is 3.41. The van der Waals surface area contributed by atoms with E-state index in [4.69, 9.17) is 19.8 Å². The summed E-state index contributed by atoms with van der Waals surface area (Å²) in [6, 6.07) is 15.0. The van der Waals surface area contributed by atoms with Gasteiger partial charge in [0, 0.05) is 0 Å². The van der Waals surface area contributed by atoms with E-state index in [0.717, 1.165) is 6.07 Å². The Morgan fingerprint density at radius 3 is 2.71 bits per heavy atom. The number of nitrogens with zero attached hydrogens (tertiary/aromatic N) is 2. The SMILES string of the molecule is COc1cc(/C=N\NC(=O)c2ccc(C#N)cc2F)cc(Br)c1OCc1cccc(C(=O)O)c1. The fourth-order valence-corrected chi connectivity index (χ4v) is 3.47. The van der Waals surface area contributed by atoms with Crippen LogP contribution in [0.1, 0.15) is 37.4 Å². The molecule has 0 saturated carbocycles. The number of halogens is 2. The van der Waals surface area contributed by atoms with Gasteiger partial charge in [0.2, 0.25) is 0 Å². The van der Waals surface area contributed by atoms with E-state index in [9.17, 15) is 14.0 Å². The largest absolute Gasteiger partial charge is 0.493 e. The van der Waals surface area contributed by atoms with Gasteiger partial charge >= 0.3 is 5.97 Å². The molecule has 0 fully saturated rings. The van der Waals surface area contributed by atoms with Crippen molar-refractivity contribution in [2.75, 3.05) is 7.11 Å². The summed E-state index contributed by atoms with van der Waals surface area (Å²) in [7, 11) is 1.45. The van der Waals surface area contributed by atoms with Crippen LogP contribution in [0.2, 0.25) is 0 Å². The van der Waals surface area contributed by atoms with Crippen molar-refractivity contribution in [2.24, 2.45) is 5.10 Å². The van der Waals surface area contributed by atoms with Gasteiger partial charge in [-0.05, 0) is 69.5 Å². The lowest BCUT2D eigenvalue weighted by atomic mass is 10.1. The van der Waals surface area contributed by atoms with Gasteiger partial charge < -0.3 is 14.6 Å². The third-order valence-corrected chi connectivity index (χ3v) is 5.12. The molecule has 0 aromatic heterocycles. The number of amides is 1. The number of hydrogen-bond acceptors (Lipinski definition) is 6. The molecule has 0 atom stereocenters. The van der Waals surface area contributed by atoms with Crippen molar-refractivity contribution in [1.82, 2.24) is 5.43 Å². The smallest absolute Gasteiger partial charge is 0.335 e. The van der Waals surface area contributed by atoms with Crippen LogP contribution < -0.4 is 14.9 Å². The predicted octanol–water partition coefficient (Wildman–Crippen LogP) is 4.51. The number of hydrogen-bond donors (Lipinski definition) is 2. The summed E-state index contributed by atoms with van der Waals surface area (Å²) in [5, 5.41) is 21.7. The first-order valence-electron chi connectivity index (χ1n) is 9.68. The molecule has 0 unspecified atom stereocenters. The van der Waals surface area contributed by atoms with Crippen molar-refractivity contribution in [3.05, 3.63) is 92.7 Å². The maximum Gasteiger partial charge on any atom is 0.335 e. The fourth-order valence-electron chi connectivity index (χ4n) is 2.90. The van der Waals surface area contributed by atoms with E-state index in [0.29, 0.717) is 27.1 Å². The zero-order valence-corrected chi connectivity index (χ0v) is 19.3. The molecule has 0 saturated heterocycles. The highest BCUT2D eigenvalue weighted by Crippen LogP contribution is 2.36. The quantitative estimate of drug-likeness (QED) is 0.329. The molecular weight excluding hydrogens is 509 g/mol. The van der Waals surface area contributed by atoms with Gasteiger partial charge in [-0.15, -0.1) is 0 Å². The maximum atomic E-state index is 14.0. The van der Waals surface area contributed by atoms with Gasteiger partial charge in [0.05, 0.1) is 40.6 Å². The summed E-state index contributed by atoms with van der Waals surface area (Å²) in [4.78, 5) is 23.3. The van der Waals surface area contributed by atoms with Crippen molar-refractivity contribution in [3.63, 3.8) is 0 Å². The second-order valence-corrected chi connectivity index (χ2v) is 7.69. The average Bonchev–Trinajstić information content (AvgIpc) is 2.82. The second-order valence-electron chi connectivity index (χ2n) is 6.83. The molecule has 0 aliphatic carbocycles. The third-order valence-electron chi connectivity index (χ3n) is 4.53. The Hall–Kier alpha value is -4.23. The minimum absolute atomic E-state index is 0.103. The van der Waals surface area contributed by atoms with E-state index in [-0.39, 0.29) is 23.3 Å². The standard InChI is InChI=1S/C24H17BrFN3O5/c1-33-21-10-16(12-28-29-23(30)18-6-5-14(11-27)9-20(18)26)8-19(25)22(21)34-13-15-3-2-4-17(7-15)24(31)32/h2-10,12H,13H2,1H3,(H,29,30)(H,31,32)/b28-12-. The molecule has 172 valence electrons. The number of carbonyl (C=O) groups excluding carboxylic acids is 1. The number of carboxylic acid groups (broad SMARTS) is 1. The van der Waals surface area contributed by atoms with Crippen LogP contribution in [0.3, 0.4) is 0 Å². The predicted molar refractivity (Wildman–Crippen MR) is 125 cm³/mol. The molecule has 3 aromatic carbocycles. The number of nitriles is 1. The van der Waals surface area contributed by atoms with E-state index in [1.165, 1.54) is 37.6 Å². The van der Waals surface area contributed by atoms with Crippen LogP contribution >= 0.6 is 15.9 Å². The highest BCUT2D eigenvalue weighted by Gasteiger charge is 2.14. The minimum atomic E-state index is -1.03. The number of rotatable bonds is 8. The molecule has 1 amide bonds. The van der Waals surface area contributed by atoms with Gasteiger partial charge in [-0.25, -0.2) is 14.6 Å². The Balaban J connectivity index is 1.71. The van der Waals surface area contributed by atoms with Crippen LogP contribution in [0.15, 0.2) is 64.2 Å². The van der Waals surface area contributed by atoms with Gasteiger partial charge in [-0.3, -0.25) is 4.79 Å². The number of methoxy groups -OCH3 is 1. The Morgan fingerprint density at radius 2 is 2.03 bits per heavy atom. The number of carboxylic acids is 1. The van der Waals surface area contributed by atoms with Crippen LogP contribution in [0.5, 0.6) is 11.5 Å². The zero-order valence-electron chi connectivity index (χ0n) is 17.7. The lowest BCUT2D eigenvalue weighted by Crippen LogP contribution is -2.19. The monoisotopic (exact) mass is 525 g/mol. The lowest BCUT2D eigenvalue weighted by Gasteiger charge is -2.14. The second kappa shape index (κ2) is 11.1. The van der Waals surface area contributed by atoms with Crippen molar-refractivity contribution in [2.45, 2.75) is 6.61 Å². The molecule has 10 heteroatoms. The third kappa shape index (κ3) is 5.96. The van der Waals surface area contributed by atoms with Crippen molar-refractivity contribution in [3.8, 4) is 17.6 Å². The number of nitrogens with one attached hydrogen (secondary N) is 1. The van der Waals surface area contributed by atoms with E-state index in [1.807, 2.05) is 0 Å². The Kier molecular flexibility index (Phi) is 7.95. The molecule has 2 N–H and O–H groups in total.